The fraction of sp³-hybridized carbons (Fsp3) is 0.167. The van der Waals surface area contributed by atoms with Gasteiger partial charge in [0, 0.05) is 0 Å². The molecule has 2 amide bonds. The Balaban J connectivity index is 2.16. The molecule has 0 atom stereocenters. The zero-order chi connectivity index (χ0) is 13.0. The number of hydrogen-bond donors (Lipinski definition) is 1. The molecule has 2 rings (SSSR count). The standard InChI is InChI=1S/C12H10FNO3S/c13-4-5-17-9-3-1-2-8(6-9)7-10-11(15)14-12(16)18-10/h1-3,6-7H,4-5H2,(H,14,15,16). The Morgan fingerprint density at radius 2 is 2.22 bits per heavy atom. The van der Waals surface area contributed by atoms with Crippen LogP contribution >= 0.6 is 11.8 Å². The molecule has 1 fully saturated rings. The maximum atomic E-state index is 12.0. The molecule has 94 valence electrons. The lowest BCUT2D eigenvalue weighted by Crippen LogP contribution is -2.17. The summed E-state index contributed by atoms with van der Waals surface area (Å²) in [5.74, 6) is 0.122. The number of imide groups is 1. The molecule has 1 aromatic carbocycles. The molecule has 0 spiro atoms. The predicted octanol–water partition coefficient (Wildman–Crippen LogP) is 2.36. The van der Waals surface area contributed by atoms with Gasteiger partial charge in [-0.2, -0.15) is 0 Å². The van der Waals surface area contributed by atoms with Crippen LogP contribution in [0.5, 0.6) is 5.75 Å². The van der Waals surface area contributed by atoms with Crippen LogP contribution in [-0.4, -0.2) is 24.4 Å². The maximum Gasteiger partial charge on any atom is 0.290 e. The first-order valence-electron chi connectivity index (χ1n) is 5.23. The summed E-state index contributed by atoms with van der Waals surface area (Å²) >= 11 is 0.853. The van der Waals surface area contributed by atoms with Gasteiger partial charge in [-0.15, -0.1) is 0 Å². The van der Waals surface area contributed by atoms with Crippen LogP contribution < -0.4 is 10.1 Å². The molecular formula is C12H10FNO3S. The third kappa shape index (κ3) is 3.10. The van der Waals surface area contributed by atoms with Crippen molar-refractivity contribution in [3.8, 4) is 5.75 Å². The summed E-state index contributed by atoms with van der Waals surface area (Å²) in [5.41, 5.74) is 0.721. The van der Waals surface area contributed by atoms with E-state index < -0.39 is 12.6 Å². The van der Waals surface area contributed by atoms with Gasteiger partial charge in [-0.05, 0) is 35.5 Å². The van der Waals surface area contributed by atoms with Crippen LogP contribution in [0.2, 0.25) is 0 Å². The van der Waals surface area contributed by atoms with Gasteiger partial charge in [-0.1, -0.05) is 12.1 Å². The number of hydrogen-bond acceptors (Lipinski definition) is 4. The van der Waals surface area contributed by atoms with E-state index in [0.29, 0.717) is 10.7 Å². The summed E-state index contributed by atoms with van der Waals surface area (Å²) in [6.45, 7) is -0.564. The van der Waals surface area contributed by atoms with Gasteiger partial charge in [-0.25, -0.2) is 4.39 Å². The van der Waals surface area contributed by atoms with Gasteiger partial charge in [0.25, 0.3) is 11.1 Å². The molecule has 0 unspecified atom stereocenters. The van der Waals surface area contributed by atoms with Crippen molar-refractivity contribution in [1.29, 1.82) is 0 Å². The Kier molecular flexibility index (Phi) is 3.99. The number of ether oxygens (including phenoxy) is 1. The van der Waals surface area contributed by atoms with E-state index in [9.17, 15) is 14.0 Å². The van der Waals surface area contributed by atoms with Crippen LogP contribution in [0.4, 0.5) is 9.18 Å². The fourth-order valence-electron chi connectivity index (χ4n) is 1.42. The third-order valence-corrected chi connectivity index (χ3v) is 2.95. The SMILES string of the molecule is O=C1NC(=O)C(=Cc2cccc(OCCF)c2)S1. The van der Waals surface area contributed by atoms with Crippen LogP contribution in [-0.2, 0) is 4.79 Å². The zero-order valence-electron chi connectivity index (χ0n) is 9.31. The summed E-state index contributed by atoms with van der Waals surface area (Å²) in [7, 11) is 0. The molecule has 1 saturated heterocycles. The van der Waals surface area contributed by atoms with E-state index in [1.54, 1.807) is 30.3 Å². The second kappa shape index (κ2) is 5.68. The minimum Gasteiger partial charge on any atom is -0.491 e. The normalized spacial score (nSPS) is 17.1. The van der Waals surface area contributed by atoms with Crippen molar-refractivity contribution >= 4 is 29.0 Å². The van der Waals surface area contributed by atoms with Gasteiger partial charge in [0.05, 0.1) is 4.91 Å². The van der Waals surface area contributed by atoms with Gasteiger partial charge in [-0.3, -0.25) is 14.9 Å². The monoisotopic (exact) mass is 267 g/mol. The number of thioether (sulfide) groups is 1. The van der Waals surface area contributed by atoms with Gasteiger partial charge >= 0.3 is 0 Å². The molecule has 0 saturated carbocycles. The fourth-order valence-corrected chi connectivity index (χ4v) is 2.11. The lowest BCUT2D eigenvalue weighted by atomic mass is 10.2. The first kappa shape index (κ1) is 12.6. The van der Waals surface area contributed by atoms with Crippen molar-refractivity contribution in [2.75, 3.05) is 13.3 Å². The average molecular weight is 267 g/mol. The van der Waals surface area contributed by atoms with E-state index in [1.165, 1.54) is 0 Å². The maximum absolute atomic E-state index is 12.0. The highest BCUT2D eigenvalue weighted by atomic mass is 32.2. The summed E-state index contributed by atoms with van der Waals surface area (Å²) in [6.07, 6.45) is 1.59. The largest absolute Gasteiger partial charge is 0.491 e. The van der Waals surface area contributed by atoms with Gasteiger partial charge in [0.1, 0.15) is 19.0 Å². The number of nitrogens with one attached hydrogen (secondary N) is 1. The highest BCUT2D eigenvalue weighted by molar-refractivity contribution is 8.18. The van der Waals surface area contributed by atoms with Crippen LogP contribution in [0.15, 0.2) is 29.2 Å². The number of rotatable bonds is 4. The summed E-state index contributed by atoms with van der Waals surface area (Å²) in [6, 6.07) is 6.88. The number of benzene rings is 1. The van der Waals surface area contributed by atoms with E-state index in [0.717, 1.165) is 17.3 Å². The van der Waals surface area contributed by atoms with Gasteiger partial charge < -0.3 is 4.74 Å². The van der Waals surface area contributed by atoms with Crippen LogP contribution in [0.1, 0.15) is 5.56 Å². The zero-order valence-corrected chi connectivity index (χ0v) is 10.1. The first-order valence-corrected chi connectivity index (χ1v) is 6.04. The van der Waals surface area contributed by atoms with E-state index in [1.807, 2.05) is 0 Å². The Bertz CT molecular complexity index is 516. The molecule has 1 heterocycles. The quantitative estimate of drug-likeness (QED) is 0.851. The summed E-state index contributed by atoms with van der Waals surface area (Å²) < 4.78 is 17.1. The Morgan fingerprint density at radius 3 is 2.89 bits per heavy atom. The Morgan fingerprint density at radius 1 is 1.39 bits per heavy atom. The average Bonchev–Trinajstić information content (AvgIpc) is 2.66. The minimum atomic E-state index is -0.557. The number of carbonyl (C=O) groups is 2. The Labute approximate surface area is 107 Å². The van der Waals surface area contributed by atoms with Crippen LogP contribution in [0.3, 0.4) is 0 Å². The smallest absolute Gasteiger partial charge is 0.290 e. The van der Waals surface area contributed by atoms with Crippen molar-refractivity contribution in [3.05, 3.63) is 34.7 Å². The van der Waals surface area contributed by atoms with Crippen molar-refractivity contribution < 1.29 is 18.7 Å². The third-order valence-electron chi connectivity index (χ3n) is 2.14. The summed E-state index contributed by atoms with van der Waals surface area (Å²) in [4.78, 5) is 22.7. The molecule has 18 heavy (non-hydrogen) atoms. The van der Waals surface area contributed by atoms with Crippen molar-refractivity contribution in [2.24, 2.45) is 0 Å². The van der Waals surface area contributed by atoms with E-state index in [4.69, 9.17) is 4.74 Å². The summed E-state index contributed by atoms with van der Waals surface area (Å²) in [5, 5.41) is 1.79. The molecule has 6 heteroatoms. The molecule has 0 bridgehead atoms. The van der Waals surface area contributed by atoms with Gasteiger partial charge in [0.15, 0.2) is 0 Å². The van der Waals surface area contributed by atoms with Gasteiger partial charge in [0.2, 0.25) is 0 Å². The second-order valence-electron chi connectivity index (χ2n) is 3.46. The Hall–Kier alpha value is -1.82. The topological polar surface area (TPSA) is 55.4 Å². The van der Waals surface area contributed by atoms with E-state index >= 15 is 0 Å². The second-order valence-corrected chi connectivity index (χ2v) is 4.48. The van der Waals surface area contributed by atoms with Crippen molar-refractivity contribution in [1.82, 2.24) is 5.32 Å². The highest BCUT2D eigenvalue weighted by Gasteiger charge is 2.24. The number of carbonyl (C=O) groups excluding carboxylic acids is 2. The molecule has 1 aromatic rings. The highest BCUT2D eigenvalue weighted by Crippen LogP contribution is 2.26. The van der Waals surface area contributed by atoms with Crippen molar-refractivity contribution in [2.45, 2.75) is 0 Å². The molecule has 0 aromatic heterocycles. The minimum absolute atomic E-state index is 0.00620. The molecule has 1 aliphatic rings. The molecule has 1 aliphatic heterocycles. The molecular weight excluding hydrogens is 257 g/mol. The van der Waals surface area contributed by atoms with E-state index in [2.05, 4.69) is 5.32 Å². The van der Waals surface area contributed by atoms with E-state index in [-0.39, 0.29) is 11.8 Å². The molecule has 4 nitrogen and oxygen atoms in total. The number of amides is 2. The van der Waals surface area contributed by atoms with Crippen molar-refractivity contribution in [3.63, 3.8) is 0 Å². The predicted molar refractivity (Wildman–Crippen MR) is 67.0 cm³/mol. The first-order chi connectivity index (χ1) is 8.69. The molecule has 1 N–H and O–H groups in total. The number of halogens is 1. The lowest BCUT2D eigenvalue weighted by Gasteiger charge is -2.04. The molecule has 0 radical (unpaired) electrons. The number of alkyl halides is 1. The molecule has 0 aliphatic carbocycles. The van der Waals surface area contributed by atoms with Crippen LogP contribution in [0.25, 0.3) is 6.08 Å². The lowest BCUT2D eigenvalue weighted by molar-refractivity contribution is -0.115. The van der Waals surface area contributed by atoms with Crippen LogP contribution in [0, 0.1) is 0 Å².